The number of benzene rings is 2. The molecule has 8 heteroatoms. The lowest BCUT2D eigenvalue weighted by molar-refractivity contribution is 0.0601. The van der Waals surface area contributed by atoms with Crippen LogP contribution in [0.3, 0.4) is 0 Å². The second kappa shape index (κ2) is 9.61. The van der Waals surface area contributed by atoms with Crippen LogP contribution in [0.1, 0.15) is 44.5 Å². The number of carbonyl (C=O) groups is 2. The van der Waals surface area contributed by atoms with Crippen molar-refractivity contribution in [3.8, 4) is 11.3 Å². The SMILES string of the molecule is COC(=O)c1c(NC(=O)c2cc(-c3ccc(Cl)c(Cl)c3)nc3ccccc23)sc2c1CC[C@@H](C)C2. The first-order valence-corrected chi connectivity index (χ1v) is 12.8. The fourth-order valence-corrected chi connectivity index (χ4v) is 6.19. The van der Waals surface area contributed by atoms with E-state index in [1.54, 1.807) is 18.2 Å². The minimum Gasteiger partial charge on any atom is -0.465 e. The molecule has 1 atom stereocenters. The molecule has 1 aliphatic rings. The molecule has 2 heterocycles. The molecule has 0 aliphatic heterocycles. The van der Waals surface area contributed by atoms with Gasteiger partial charge >= 0.3 is 5.97 Å². The van der Waals surface area contributed by atoms with Crippen LogP contribution in [0.4, 0.5) is 5.00 Å². The quantitative estimate of drug-likeness (QED) is 0.281. The summed E-state index contributed by atoms with van der Waals surface area (Å²) in [5.74, 6) is -0.210. The number of rotatable bonds is 4. The maximum Gasteiger partial charge on any atom is 0.341 e. The maximum absolute atomic E-state index is 13.6. The number of nitrogens with zero attached hydrogens (tertiary/aromatic N) is 1. The van der Waals surface area contributed by atoms with E-state index in [9.17, 15) is 9.59 Å². The van der Waals surface area contributed by atoms with Gasteiger partial charge in [-0.3, -0.25) is 4.79 Å². The van der Waals surface area contributed by atoms with Crippen LogP contribution in [0.25, 0.3) is 22.2 Å². The number of esters is 1. The van der Waals surface area contributed by atoms with Gasteiger partial charge in [0.15, 0.2) is 0 Å². The number of nitrogens with one attached hydrogen (secondary N) is 1. The van der Waals surface area contributed by atoms with E-state index < -0.39 is 5.97 Å². The van der Waals surface area contributed by atoms with Gasteiger partial charge in [-0.25, -0.2) is 9.78 Å². The molecule has 0 fully saturated rings. The highest BCUT2D eigenvalue weighted by Crippen LogP contribution is 2.40. The van der Waals surface area contributed by atoms with Gasteiger partial charge in [0.05, 0.1) is 39.5 Å². The van der Waals surface area contributed by atoms with E-state index in [2.05, 4.69) is 12.2 Å². The normalized spacial score (nSPS) is 15.0. The van der Waals surface area contributed by atoms with Crippen molar-refractivity contribution in [3.05, 3.63) is 80.1 Å². The van der Waals surface area contributed by atoms with E-state index in [1.807, 2.05) is 30.3 Å². The summed E-state index contributed by atoms with van der Waals surface area (Å²) in [6.45, 7) is 2.20. The molecule has 2 aromatic carbocycles. The van der Waals surface area contributed by atoms with E-state index in [4.69, 9.17) is 32.9 Å². The summed E-state index contributed by atoms with van der Waals surface area (Å²) in [6.07, 6.45) is 2.69. The van der Waals surface area contributed by atoms with Crippen molar-refractivity contribution in [2.24, 2.45) is 5.92 Å². The summed E-state index contributed by atoms with van der Waals surface area (Å²) < 4.78 is 5.07. The van der Waals surface area contributed by atoms with Gasteiger partial charge in [-0.05, 0) is 55.0 Å². The zero-order chi connectivity index (χ0) is 24.7. The van der Waals surface area contributed by atoms with Crippen LogP contribution in [-0.4, -0.2) is 24.0 Å². The topological polar surface area (TPSA) is 68.3 Å². The monoisotopic (exact) mass is 524 g/mol. The number of fused-ring (bicyclic) bond motifs is 2. The number of amides is 1. The number of aromatic nitrogens is 1. The fraction of sp³-hybridized carbons (Fsp3) is 0.222. The lowest BCUT2D eigenvalue weighted by Gasteiger charge is -2.18. The highest BCUT2D eigenvalue weighted by atomic mass is 35.5. The first-order chi connectivity index (χ1) is 16.9. The molecule has 4 aromatic rings. The summed E-state index contributed by atoms with van der Waals surface area (Å²) >= 11 is 13.8. The summed E-state index contributed by atoms with van der Waals surface area (Å²) in [6, 6.07) is 14.4. The molecule has 0 saturated heterocycles. The molecule has 5 nitrogen and oxygen atoms in total. The third-order valence-corrected chi connectivity index (χ3v) is 8.21. The minimum absolute atomic E-state index is 0.318. The smallest absolute Gasteiger partial charge is 0.341 e. The molecule has 178 valence electrons. The number of hydrogen-bond acceptors (Lipinski definition) is 5. The van der Waals surface area contributed by atoms with Crippen molar-refractivity contribution in [2.45, 2.75) is 26.2 Å². The lowest BCUT2D eigenvalue weighted by atomic mass is 9.88. The zero-order valence-electron chi connectivity index (χ0n) is 19.2. The number of ether oxygens (including phenoxy) is 1. The molecule has 0 saturated carbocycles. The van der Waals surface area contributed by atoms with Crippen LogP contribution < -0.4 is 5.32 Å². The number of pyridine rings is 1. The number of halogens is 2. The van der Waals surface area contributed by atoms with Gasteiger partial charge in [0.2, 0.25) is 0 Å². The predicted molar refractivity (Wildman–Crippen MR) is 142 cm³/mol. The third kappa shape index (κ3) is 4.54. The standard InChI is InChI=1S/C27H22Cl2N2O3S/c1-14-7-9-17-23(11-14)35-26(24(17)27(33)34-2)31-25(32)18-13-22(15-8-10-19(28)20(29)12-15)30-21-6-4-3-5-16(18)21/h3-6,8,10,12-14H,7,9,11H2,1-2H3,(H,31,32)/t14-/m1/s1. The molecule has 0 radical (unpaired) electrons. The number of methoxy groups -OCH3 is 1. The van der Waals surface area contributed by atoms with E-state index in [0.29, 0.717) is 48.7 Å². The number of carbonyl (C=O) groups excluding carboxylic acids is 2. The van der Waals surface area contributed by atoms with Crippen LogP contribution in [-0.2, 0) is 17.6 Å². The molecule has 0 unspecified atom stereocenters. The van der Waals surface area contributed by atoms with Gasteiger partial charge in [-0.2, -0.15) is 0 Å². The molecule has 0 bridgehead atoms. The largest absolute Gasteiger partial charge is 0.465 e. The molecule has 0 spiro atoms. The molecule has 1 amide bonds. The Bertz CT molecular complexity index is 1480. The average molecular weight is 525 g/mol. The molecule has 35 heavy (non-hydrogen) atoms. The Hall–Kier alpha value is -2.93. The lowest BCUT2D eigenvalue weighted by Crippen LogP contribution is -2.16. The van der Waals surface area contributed by atoms with Crippen LogP contribution >= 0.6 is 34.5 Å². The van der Waals surface area contributed by atoms with Gasteiger partial charge in [-0.1, -0.05) is 54.4 Å². The highest BCUT2D eigenvalue weighted by molar-refractivity contribution is 7.17. The first-order valence-electron chi connectivity index (χ1n) is 11.2. The number of para-hydroxylation sites is 1. The fourth-order valence-electron chi connectivity index (χ4n) is 4.49. The summed E-state index contributed by atoms with van der Waals surface area (Å²) in [4.78, 5) is 32.2. The van der Waals surface area contributed by atoms with Gasteiger partial charge in [0.25, 0.3) is 5.91 Å². The van der Waals surface area contributed by atoms with Gasteiger partial charge in [-0.15, -0.1) is 11.3 Å². The molecule has 1 aliphatic carbocycles. The Labute approximate surface area is 217 Å². The number of thiophene rings is 1. The van der Waals surface area contributed by atoms with Crippen LogP contribution in [0, 0.1) is 5.92 Å². The Morgan fingerprint density at radius 2 is 1.91 bits per heavy atom. The van der Waals surface area contributed by atoms with Crippen molar-refractivity contribution in [1.29, 1.82) is 0 Å². The predicted octanol–water partition coefficient (Wildman–Crippen LogP) is 7.43. The van der Waals surface area contributed by atoms with E-state index in [-0.39, 0.29) is 5.91 Å². The maximum atomic E-state index is 13.6. The van der Waals surface area contributed by atoms with E-state index >= 15 is 0 Å². The van der Waals surface area contributed by atoms with Crippen LogP contribution in [0.15, 0.2) is 48.5 Å². The molecule has 5 rings (SSSR count). The molecular weight excluding hydrogens is 503 g/mol. The number of hydrogen-bond donors (Lipinski definition) is 1. The first kappa shape index (κ1) is 23.8. The summed E-state index contributed by atoms with van der Waals surface area (Å²) in [7, 11) is 1.36. The summed E-state index contributed by atoms with van der Waals surface area (Å²) in [5, 5.41) is 5.10. The average Bonchev–Trinajstić information content (AvgIpc) is 3.21. The van der Waals surface area contributed by atoms with Crippen molar-refractivity contribution in [1.82, 2.24) is 4.98 Å². The highest BCUT2D eigenvalue weighted by Gasteiger charge is 2.29. The van der Waals surface area contributed by atoms with Gasteiger partial charge < -0.3 is 10.1 Å². The van der Waals surface area contributed by atoms with E-state index in [1.165, 1.54) is 18.4 Å². The van der Waals surface area contributed by atoms with Gasteiger partial charge in [0, 0.05) is 15.8 Å². The second-order valence-corrected chi connectivity index (χ2v) is 10.6. The van der Waals surface area contributed by atoms with Crippen molar-refractivity contribution in [2.75, 3.05) is 12.4 Å². The zero-order valence-corrected chi connectivity index (χ0v) is 21.5. The van der Waals surface area contributed by atoms with Gasteiger partial charge in [0.1, 0.15) is 5.00 Å². The molecule has 2 aromatic heterocycles. The van der Waals surface area contributed by atoms with Crippen LogP contribution in [0.5, 0.6) is 0 Å². The minimum atomic E-state index is -0.427. The van der Waals surface area contributed by atoms with Crippen molar-refractivity contribution in [3.63, 3.8) is 0 Å². The Morgan fingerprint density at radius 1 is 1.11 bits per heavy atom. The van der Waals surface area contributed by atoms with E-state index in [0.717, 1.165) is 35.3 Å². The van der Waals surface area contributed by atoms with Crippen LogP contribution in [0.2, 0.25) is 10.0 Å². The number of anilines is 1. The Balaban J connectivity index is 1.59. The van der Waals surface area contributed by atoms with Crippen molar-refractivity contribution < 1.29 is 14.3 Å². The summed E-state index contributed by atoms with van der Waals surface area (Å²) in [5.41, 5.74) is 3.93. The molecular formula is C27H22Cl2N2O3S. The Kier molecular flexibility index (Phi) is 6.53. The van der Waals surface area contributed by atoms with Crippen molar-refractivity contribution >= 4 is 62.3 Å². The Morgan fingerprint density at radius 3 is 2.69 bits per heavy atom. The second-order valence-electron chi connectivity index (χ2n) is 8.70. The third-order valence-electron chi connectivity index (χ3n) is 6.30. The molecule has 1 N–H and O–H groups in total.